The number of halogens is 2. The molecule has 3 unspecified atom stereocenters. The number of nitrogens with one attached hydrogen (secondary N) is 3. The zero-order valence-corrected chi connectivity index (χ0v) is 23.8. The molecule has 3 rings (SSSR count). The van der Waals surface area contributed by atoms with Gasteiger partial charge >= 0.3 is 6.03 Å². The van der Waals surface area contributed by atoms with Crippen molar-refractivity contribution in [1.29, 1.82) is 0 Å². The number of hydrogen-bond acceptors (Lipinski definition) is 5. The Morgan fingerprint density at radius 3 is 2.69 bits per heavy atom. The van der Waals surface area contributed by atoms with Crippen molar-refractivity contribution in [3.63, 3.8) is 0 Å². The summed E-state index contributed by atoms with van der Waals surface area (Å²) in [6.07, 6.45) is 13.9. The average molecular weight is 570 g/mol. The first kappa shape index (κ1) is 30.3. The predicted molar refractivity (Wildman–Crippen MR) is 161 cm³/mol. The summed E-state index contributed by atoms with van der Waals surface area (Å²) in [5, 5.41) is 23.1. The number of nitrogens with zero attached hydrogens (tertiary/aromatic N) is 1. The summed E-state index contributed by atoms with van der Waals surface area (Å²) in [4.78, 5) is 17.3. The van der Waals surface area contributed by atoms with Crippen molar-refractivity contribution in [1.82, 2.24) is 16.0 Å². The number of anilines is 1. The van der Waals surface area contributed by atoms with Crippen LogP contribution in [0, 0.1) is 5.92 Å². The van der Waals surface area contributed by atoms with Crippen LogP contribution in [-0.4, -0.2) is 37.6 Å². The molecule has 2 aromatic carbocycles. The molecule has 0 aromatic heterocycles. The number of nitrogen functional groups attached to an aromatic ring is 1. The number of urea groups is 1. The Bertz CT molecular complexity index is 1240. The van der Waals surface area contributed by atoms with Gasteiger partial charge in [-0.15, -0.1) is 0 Å². The molecule has 39 heavy (non-hydrogen) atoms. The molecular weight excluding hydrogens is 533 g/mol. The third-order valence-corrected chi connectivity index (χ3v) is 7.18. The minimum absolute atomic E-state index is 0.0180. The van der Waals surface area contributed by atoms with E-state index in [1.807, 2.05) is 26.0 Å². The molecule has 2 aromatic rings. The van der Waals surface area contributed by atoms with Gasteiger partial charge in [-0.25, -0.2) is 4.79 Å². The normalized spacial score (nSPS) is 16.8. The summed E-state index contributed by atoms with van der Waals surface area (Å²) in [5.74, 6) is 0.0462. The molecule has 0 saturated heterocycles. The molecule has 7 nitrogen and oxygen atoms in total. The second-order valence-corrected chi connectivity index (χ2v) is 10.2. The van der Waals surface area contributed by atoms with Crippen molar-refractivity contribution in [3.8, 4) is 0 Å². The lowest BCUT2D eigenvalue weighted by Gasteiger charge is -2.24. The van der Waals surface area contributed by atoms with Crippen molar-refractivity contribution >= 4 is 46.9 Å². The molecule has 0 saturated carbocycles. The Morgan fingerprint density at radius 1 is 1.18 bits per heavy atom. The van der Waals surface area contributed by atoms with Gasteiger partial charge in [-0.2, -0.15) is 0 Å². The maximum atomic E-state index is 13.0. The number of amides is 2. The van der Waals surface area contributed by atoms with Gasteiger partial charge in [0.05, 0.1) is 22.6 Å². The van der Waals surface area contributed by atoms with Crippen LogP contribution in [0.2, 0.25) is 10.0 Å². The molecule has 9 heteroatoms. The molecule has 5 N–H and O–H groups in total. The van der Waals surface area contributed by atoms with Gasteiger partial charge in [0.25, 0.3) is 0 Å². The zero-order chi connectivity index (χ0) is 28.2. The van der Waals surface area contributed by atoms with Gasteiger partial charge < -0.3 is 26.8 Å². The van der Waals surface area contributed by atoms with E-state index in [4.69, 9.17) is 28.9 Å². The lowest BCUT2D eigenvalue weighted by Crippen LogP contribution is -2.48. The van der Waals surface area contributed by atoms with Crippen LogP contribution in [0.3, 0.4) is 0 Å². The van der Waals surface area contributed by atoms with Gasteiger partial charge in [0.1, 0.15) is 0 Å². The number of benzene rings is 2. The van der Waals surface area contributed by atoms with E-state index >= 15 is 0 Å². The van der Waals surface area contributed by atoms with Gasteiger partial charge in [0, 0.05) is 24.8 Å². The number of aliphatic imine (C=N–C) groups is 1. The predicted octanol–water partition coefficient (Wildman–Crippen LogP) is 5.26. The minimum atomic E-state index is -0.600. The SMILES string of the molecule is C/C=C\c1cc(C([O-])=NCC(NC(=O)NC(CC)CNCC2C=CC=CC2)c2ccc(Cl)c(Cl)c2)ccc1N. The Kier molecular flexibility index (Phi) is 11.9. The van der Waals surface area contributed by atoms with Crippen LogP contribution in [0.5, 0.6) is 0 Å². The van der Waals surface area contributed by atoms with E-state index in [1.165, 1.54) is 0 Å². The number of carbonyl (C=O) groups excluding carboxylic acids is 1. The molecule has 0 spiro atoms. The number of nitrogens with two attached hydrogens (primary N) is 1. The van der Waals surface area contributed by atoms with E-state index in [0.717, 1.165) is 24.9 Å². The zero-order valence-electron chi connectivity index (χ0n) is 22.3. The maximum absolute atomic E-state index is 13.0. The van der Waals surface area contributed by atoms with Gasteiger partial charge in [0.2, 0.25) is 0 Å². The van der Waals surface area contributed by atoms with Gasteiger partial charge in [0.15, 0.2) is 0 Å². The van der Waals surface area contributed by atoms with Gasteiger partial charge in [-0.3, -0.25) is 4.99 Å². The van der Waals surface area contributed by atoms with E-state index in [-0.39, 0.29) is 18.6 Å². The van der Waals surface area contributed by atoms with E-state index in [0.29, 0.717) is 39.3 Å². The largest absolute Gasteiger partial charge is 0.858 e. The van der Waals surface area contributed by atoms with E-state index < -0.39 is 11.9 Å². The van der Waals surface area contributed by atoms with Crippen molar-refractivity contribution in [2.24, 2.45) is 10.9 Å². The van der Waals surface area contributed by atoms with Crippen LogP contribution in [-0.2, 0) is 0 Å². The third-order valence-electron chi connectivity index (χ3n) is 6.44. The van der Waals surface area contributed by atoms with Crippen molar-refractivity contribution in [2.75, 3.05) is 25.4 Å². The molecule has 3 atom stereocenters. The van der Waals surface area contributed by atoms with Crippen molar-refractivity contribution < 1.29 is 9.90 Å². The van der Waals surface area contributed by atoms with Gasteiger partial charge in [-0.05, 0) is 72.5 Å². The Morgan fingerprint density at radius 2 is 2.00 bits per heavy atom. The fourth-order valence-corrected chi connectivity index (χ4v) is 4.48. The summed E-state index contributed by atoms with van der Waals surface area (Å²) >= 11 is 12.4. The fourth-order valence-electron chi connectivity index (χ4n) is 4.17. The van der Waals surface area contributed by atoms with Crippen LogP contribution in [0.25, 0.3) is 6.08 Å². The summed E-state index contributed by atoms with van der Waals surface area (Å²) in [6, 6.07) is 9.09. The standard InChI is InChI=1S/C30H37Cl2N5O2/c1-3-8-21-15-23(12-14-27(21)33)29(38)35-19-28(22-11-13-25(31)26(32)16-22)37-30(39)36-24(4-2)18-34-17-20-9-6-5-7-10-20/h3,5-9,11-16,20,24,28,34H,4,10,17-19,33H2,1-2H3,(H,35,38)(H2,36,37,39)/p-1/b8-3-. The van der Waals surface area contributed by atoms with E-state index in [9.17, 15) is 9.90 Å². The number of hydrogen-bond donors (Lipinski definition) is 4. The quantitative estimate of drug-likeness (QED) is 0.159. The van der Waals surface area contributed by atoms with E-state index in [2.05, 4.69) is 45.2 Å². The van der Waals surface area contributed by atoms with Crippen LogP contribution in [0.4, 0.5) is 10.5 Å². The second-order valence-electron chi connectivity index (χ2n) is 9.41. The lowest BCUT2D eigenvalue weighted by molar-refractivity contribution is -0.213. The fraction of sp³-hybridized carbons (Fsp3) is 0.333. The van der Waals surface area contributed by atoms with Crippen molar-refractivity contribution in [3.05, 3.63) is 93.5 Å². The smallest absolute Gasteiger partial charge is 0.315 e. The average Bonchev–Trinajstić information content (AvgIpc) is 2.93. The molecule has 1 aliphatic rings. The number of allylic oxidation sites excluding steroid dienone is 4. The minimum Gasteiger partial charge on any atom is -0.858 e. The van der Waals surface area contributed by atoms with Crippen LogP contribution in [0.1, 0.15) is 49.4 Å². The highest BCUT2D eigenvalue weighted by molar-refractivity contribution is 6.42. The summed E-state index contributed by atoms with van der Waals surface area (Å²) in [5.41, 5.74) is 8.41. The molecule has 0 fully saturated rings. The number of rotatable bonds is 12. The summed E-state index contributed by atoms with van der Waals surface area (Å²) in [6.45, 7) is 5.40. The van der Waals surface area contributed by atoms with Crippen LogP contribution >= 0.6 is 23.2 Å². The highest BCUT2D eigenvalue weighted by Crippen LogP contribution is 2.26. The first-order chi connectivity index (χ1) is 18.8. The van der Waals surface area contributed by atoms with E-state index in [1.54, 1.807) is 36.4 Å². The van der Waals surface area contributed by atoms with Crippen molar-refractivity contribution in [2.45, 2.75) is 38.8 Å². The third kappa shape index (κ3) is 9.46. The second kappa shape index (κ2) is 15.4. The molecule has 2 amide bonds. The van der Waals surface area contributed by atoms with Crippen LogP contribution < -0.4 is 26.8 Å². The first-order valence-corrected chi connectivity index (χ1v) is 13.9. The number of carbonyl (C=O) groups is 1. The molecule has 0 radical (unpaired) electrons. The Balaban J connectivity index is 1.69. The molecule has 208 valence electrons. The monoisotopic (exact) mass is 568 g/mol. The highest BCUT2D eigenvalue weighted by Gasteiger charge is 2.18. The van der Waals surface area contributed by atoms with Gasteiger partial charge in [-0.1, -0.05) is 78.7 Å². The Hall–Kier alpha value is -3.26. The molecule has 1 aliphatic carbocycles. The summed E-state index contributed by atoms with van der Waals surface area (Å²) in [7, 11) is 0. The lowest BCUT2D eigenvalue weighted by atomic mass is 10.0. The molecule has 0 heterocycles. The first-order valence-electron chi connectivity index (χ1n) is 13.1. The summed E-state index contributed by atoms with van der Waals surface area (Å²) < 4.78 is 0. The maximum Gasteiger partial charge on any atom is 0.315 e. The Labute approximate surface area is 240 Å². The highest BCUT2D eigenvalue weighted by atomic mass is 35.5. The molecule has 0 bridgehead atoms. The van der Waals surface area contributed by atoms with Crippen LogP contribution in [0.15, 0.2) is 71.8 Å². The molecule has 0 aliphatic heterocycles. The molecular formula is C30H36Cl2N5O2-. The topological polar surface area (TPSA) is 115 Å².